The van der Waals surface area contributed by atoms with Crippen LogP contribution in [0, 0.1) is 11.8 Å². The highest BCUT2D eigenvalue weighted by Gasteiger charge is 2.47. The van der Waals surface area contributed by atoms with Gasteiger partial charge < -0.3 is 20.5 Å². The van der Waals surface area contributed by atoms with Gasteiger partial charge in [-0.1, -0.05) is 30.4 Å². The van der Waals surface area contributed by atoms with Crippen molar-refractivity contribution in [2.45, 2.75) is 62.0 Å². The molecule has 0 unspecified atom stereocenters. The molecule has 4 atom stereocenters. The topological polar surface area (TPSA) is 105 Å². The van der Waals surface area contributed by atoms with Crippen LogP contribution in [0.5, 0.6) is 0 Å². The van der Waals surface area contributed by atoms with Gasteiger partial charge in [0.1, 0.15) is 0 Å². The van der Waals surface area contributed by atoms with E-state index in [9.17, 15) is 14.4 Å². The Bertz CT molecular complexity index is 816. The van der Waals surface area contributed by atoms with E-state index < -0.39 is 5.97 Å². The quantitative estimate of drug-likeness (QED) is 0.217. The molecule has 3 rings (SSSR count). The highest BCUT2D eigenvalue weighted by Crippen LogP contribution is 2.44. The number of aliphatic carboxylic acids is 1. The normalized spacial score (nSPS) is 23.6. The van der Waals surface area contributed by atoms with Crippen LogP contribution in [0.25, 0.3) is 0 Å². The number of rotatable bonds is 14. The largest absolute Gasteiger partial charge is 0.481 e. The van der Waals surface area contributed by atoms with Gasteiger partial charge in [-0.2, -0.15) is 0 Å². The molecule has 3 N–H and O–H groups in total. The fraction of sp³-hybridized carbons (Fsp3) is 0.560. The third-order valence-electron chi connectivity index (χ3n) is 6.25. The predicted octanol–water partition coefficient (Wildman–Crippen LogP) is 3.40. The molecule has 0 spiro atoms. The van der Waals surface area contributed by atoms with Gasteiger partial charge in [-0.15, -0.1) is 11.8 Å². The fourth-order valence-electron chi connectivity index (χ4n) is 4.56. The number of amides is 2. The van der Waals surface area contributed by atoms with Crippen LogP contribution >= 0.6 is 11.8 Å². The maximum Gasteiger partial charge on any atom is 0.303 e. The molecule has 2 fully saturated rings. The lowest BCUT2D eigenvalue weighted by Gasteiger charge is -2.27. The van der Waals surface area contributed by atoms with Crippen LogP contribution in [0.1, 0.15) is 44.9 Å². The molecule has 180 valence electrons. The zero-order valence-corrected chi connectivity index (χ0v) is 19.7. The molecule has 2 saturated heterocycles. The minimum Gasteiger partial charge on any atom is -0.481 e. The van der Waals surface area contributed by atoms with Crippen molar-refractivity contribution >= 4 is 29.5 Å². The number of carboxylic acids is 1. The minimum absolute atomic E-state index is 0.00927. The number of nitrogens with one attached hydrogen (secondary N) is 2. The van der Waals surface area contributed by atoms with Crippen molar-refractivity contribution in [2.75, 3.05) is 18.8 Å². The Kier molecular flexibility index (Phi) is 10.3. The van der Waals surface area contributed by atoms with E-state index in [2.05, 4.69) is 22.8 Å². The van der Waals surface area contributed by atoms with E-state index in [1.807, 2.05) is 30.3 Å². The number of unbranched alkanes of at least 4 members (excludes halogenated alkanes) is 1. The lowest BCUT2D eigenvalue weighted by Crippen LogP contribution is -2.42. The van der Waals surface area contributed by atoms with Crippen LogP contribution in [-0.4, -0.2) is 53.9 Å². The summed E-state index contributed by atoms with van der Waals surface area (Å²) in [5.74, 6) is 0.250. The third kappa shape index (κ3) is 8.51. The minimum atomic E-state index is -0.761. The maximum atomic E-state index is 12.3. The van der Waals surface area contributed by atoms with Crippen LogP contribution in [0.15, 0.2) is 47.4 Å². The summed E-state index contributed by atoms with van der Waals surface area (Å²) in [6.07, 6.45) is 9.54. The SMILES string of the molecule is O=C(O)CCCC=CC[C@H]1[C@@H](CNC(=O)CNC(=O)CCSc2ccccc2)[C@H]2CC[C@@H]1O2. The Morgan fingerprint density at radius 2 is 1.76 bits per heavy atom. The highest BCUT2D eigenvalue weighted by molar-refractivity contribution is 7.99. The summed E-state index contributed by atoms with van der Waals surface area (Å²) in [7, 11) is 0. The summed E-state index contributed by atoms with van der Waals surface area (Å²) >= 11 is 1.62. The molecule has 0 aliphatic carbocycles. The summed E-state index contributed by atoms with van der Waals surface area (Å²) in [5.41, 5.74) is 0. The second-order valence-corrected chi connectivity index (χ2v) is 9.77. The van der Waals surface area contributed by atoms with Crippen molar-refractivity contribution in [1.82, 2.24) is 10.6 Å². The standard InChI is InChI=1S/C25H34N2O5S/c28-23(14-15-33-18-8-4-3-5-9-18)27-17-24(29)26-16-20-19(21-12-13-22(20)32-21)10-6-1-2-7-11-25(30)31/h1,3-6,8-9,19-22H,2,7,10-17H2,(H,26,29)(H,27,28)(H,30,31)/t19-,20+,21-,22+/m0/s1. The second-order valence-electron chi connectivity index (χ2n) is 8.60. The van der Waals surface area contributed by atoms with Crippen LogP contribution < -0.4 is 10.6 Å². The second kappa shape index (κ2) is 13.4. The number of carboxylic acid groups (broad SMARTS) is 1. The van der Waals surface area contributed by atoms with E-state index in [-0.39, 0.29) is 42.9 Å². The van der Waals surface area contributed by atoms with Crippen molar-refractivity contribution in [3.8, 4) is 0 Å². The highest BCUT2D eigenvalue weighted by atomic mass is 32.2. The van der Waals surface area contributed by atoms with Gasteiger partial charge in [-0.3, -0.25) is 14.4 Å². The molecule has 7 nitrogen and oxygen atoms in total. The molecule has 0 radical (unpaired) electrons. The number of allylic oxidation sites excluding steroid dienone is 2. The first-order valence-corrected chi connectivity index (χ1v) is 12.7. The van der Waals surface area contributed by atoms with Gasteiger partial charge in [0.15, 0.2) is 0 Å². The number of ether oxygens (including phenoxy) is 1. The lowest BCUT2D eigenvalue weighted by molar-refractivity contribution is -0.137. The van der Waals surface area contributed by atoms with Crippen molar-refractivity contribution in [2.24, 2.45) is 11.8 Å². The lowest BCUT2D eigenvalue weighted by atomic mass is 9.77. The first-order valence-electron chi connectivity index (χ1n) is 11.8. The molecule has 0 saturated carbocycles. The zero-order valence-electron chi connectivity index (χ0n) is 18.9. The molecule has 2 aliphatic heterocycles. The Morgan fingerprint density at radius 1 is 1.00 bits per heavy atom. The molecular formula is C25H34N2O5S. The average molecular weight is 475 g/mol. The maximum absolute atomic E-state index is 12.3. The Balaban J connectivity index is 1.32. The van der Waals surface area contributed by atoms with Gasteiger partial charge in [0.05, 0.1) is 18.8 Å². The van der Waals surface area contributed by atoms with Gasteiger partial charge in [0.25, 0.3) is 0 Å². The average Bonchev–Trinajstić information content (AvgIpc) is 3.41. The van der Waals surface area contributed by atoms with Crippen LogP contribution in [-0.2, 0) is 19.1 Å². The van der Waals surface area contributed by atoms with Crippen LogP contribution in [0.4, 0.5) is 0 Å². The fourth-order valence-corrected chi connectivity index (χ4v) is 5.43. The van der Waals surface area contributed by atoms with E-state index in [1.165, 1.54) is 0 Å². The van der Waals surface area contributed by atoms with E-state index in [1.54, 1.807) is 11.8 Å². The summed E-state index contributed by atoms with van der Waals surface area (Å²) in [6, 6.07) is 9.92. The van der Waals surface area contributed by atoms with Gasteiger partial charge >= 0.3 is 5.97 Å². The number of hydrogen-bond donors (Lipinski definition) is 3. The monoisotopic (exact) mass is 474 g/mol. The van der Waals surface area contributed by atoms with Gasteiger partial charge in [-0.25, -0.2) is 0 Å². The molecular weight excluding hydrogens is 440 g/mol. The summed E-state index contributed by atoms with van der Waals surface area (Å²) in [4.78, 5) is 36.0. The van der Waals surface area contributed by atoms with Crippen molar-refractivity contribution in [1.29, 1.82) is 0 Å². The molecule has 0 aromatic heterocycles. The predicted molar refractivity (Wildman–Crippen MR) is 128 cm³/mol. The Morgan fingerprint density at radius 3 is 2.52 bits per heavy atom. The summed E-state index contributed by atoms with van der Waals surface area (Å²) in [6.45, 7) is 0.544. The van der Waals surface area contributed by atoms with E-state index in [4.69, 9.17) is 9.84 Å². The molecule has 2 bridgehead atoms. The van der Waals surface area contributed by atoms with Gasteiger partial charge in [0, 0.05) is 36.0 Å². The van der Waals surface area contributed by atoms with E-state index in [0.717, 1.165) is 30.6 Å². The zero-order chi connectivity index (χ0) is 23.5. The third-order valence-corrected chi connectivity index (χ3v) is 7.26. The summed E-state index contributed by atoms with van der Waals surface area (Å²) < 4.78 is 6.08. The molecule has 1 aromatic rings. The van der Waals surface area contributed by atoms with Gasteiger partial charge in [0.2, 0.25) is 11.8 Å². The number of carbonyl (C=O) groups is 3. The first kappa shape index (κ1) is 25.3. The Hall–Kier alpha value is -2.32. The van der Waals surface area contributed by atoms with E-state index >= 15 is 0 Å². The summed E-state index contributed by atoms with van der Waals surface area (Å²) in [5, 5.41) is 14.4. The molecule has 2 heterocycles. The molecule has 2 aliphatic rings. The van der Waals surface area contributed by atoms with Crippen molar-refractivity contribution in [3.05, 3.63) is 42.5 Å². The van der Waals surface area contributed by atoms with Crippen LogP contribution in [0.3, 0.4) is 0 Å². The van der Waals surface area contributed by atoms with Crippen LogP contribution in [0.2, 0.25) is 0 Å². The molecule has 1 aromatic carbocycles. The van der Waals surface area contributed by atoms with E-state index in [0.29, 0.717) is 31.1 Å². The number of carbonyl (C=O) groups excluding carboxylic acids is 2. The number of fused-ring (bicyclic) bond motifs is 2. The smallest absolute Gasteiger partial charge is 0.303 e. The van der Waals surface area contributed by atoms with Crippen molar-refractivity contribution < 1.29 is 24.2 Å². The number of thioether (sulfide) groups is 1. The molecule has 33 heavy (non-hydrogen) atoms. The number of benzene rings is 1. The first-order chi connectivity index (χ1) is 16.0. The Labute approximate surface area is 199 Å². The van der Waals surface area contributed by atoms with Gasteiger partial charge in [-0.05, 0) is 50.2 Å². The molecule has 2 amide bonds. The van der Waals surface area contributed by atoms with Crippen molar-refractivity contribution in [3.63, 3.8) is 0 Å². The number of hydrogen-bond acceptors (Lipinski definition) is 5. The molecule has 8 heteroatoms.